The molecular weight excluding hydrogens is 274 g/mol. The van der Waals surface area contributed by atoms with Crippen molar-refractivity contribution in [2.24, 2.45) is 0 Å². The highest BCUT2D eigenvalue weighted by Gasteiger charge is 2.09. The summed E-state index contributed by atoms with van der Waals surface area (Å²) in [6.45, 7) is 4.04. The molecule has 0 spiro atoms. The normalized spacial score (nSPS) is 13.5. The molecule has 0 aliphatic rings. The summed E-state index contributed by atoms with van der Waals surface area (Å²) in [5.41, 5.74) is 1.96. The zero-order valence-corrected chi connectivity index (χ0v) is 12.6. The molecule has 2 rings (SSSR count). The van der Waals surface area contributed by atoms with Crippen molar-refractivity contribution in [1.29, 1.82) is 0 Å². The van der Waals surface area contributed by atoms with Crippen molar-refractivity contribution in [1.82, 2.24) is 15.5 Å². The summed E-state index contributed by atoms with van der Waals surface area (Å²) in [5, 5.41) is 7.82. The van der Waals surface area contributed by atoms with Crippen molar-refractivity contribution in [3.63, 3.8) is 0 Å². The molecule has 1 heterocycles. The predicted molar refractivity (Wildman–Crippen MR) is 81.5 cm³/mol. The lowest BCUT2D eigenvalue weighted by atomic mass is 10.1. The van der Waals surface area contributed by atoms with Gasteiger partial charge in [-0.05, 0) is 38.1 Å². The number of likely N-dealkylation sites (N-methyl/N-ethyl adjacent to an activating group) is 1. The van der Waals surface area contributed by atoms with Crippen LogP contribution in [0.1, 0.15) is 31.1 Å². The molecule has 2 aromatic rings. The Morgan fingerprint density at radius 2 is 2.20 bits per heavy atom. The van der Waals surface area contributed by atoms with E-state index in [4.69, 9.17) is 16.1 Å². The maximum absolute atomic E-state index is 6.16. The highest BCUT2D eigenvalue weighted by Crippen LogP contribution is 2.24. The summed E-state index contributed by atoms with van der Waals surface area (Å²) in [7, 11) is 1.91. The molecule has 0 aliphatic heterocycles. The second-order valence-corrected chi connectivity index (χ2v) is 5.16. The SMILES string of the molecule is CNC(C)Cc1noc(/C=C(/C)c2ccccc2Cl)n1. The third-order valence-corrected chi connectivity index (χ3v) is 3.43. The Morgan fingerprint density at radius 3 is 2.90 bits per heavy atom. The van der Waals surface area contributed by atoms with Gasteiger partial charge in [0.15, 0.2) is 5.82 Å². The Kier molecular flexibility index (Phi) is 4.93. The molecule has 0 saturated heterocycles. The lowest BCUT2D eigenvalue weighted by Gasteiger charge is -2.04. The number of hydrogen-bond acceptors (Lipinski definition) is 4. The van der Waals surface area contributed by atoms with Gasteiger partial charge in [0, 0.05) is 23.6 Å². The lowest BCUT2D eigenvalue weighted by molar-refractivity contribution is 0.400. The van der Waals surface area contributed by atoms with Crippen LogP contribution in [0.2, 0.25) is 5.02 Å². The van der Waals surface area contributed by atoms with Crippen molar-refractivity contribution in [3.8, 4) is 0 Å². The van der Waals surface area contributed by atoms with Crippen molar-refractivity contribution >= 4 is 23.3 Å². The van der Waals surface area contributed by atoms with Gasteiger partial charge < -0.3 is 9.84 Å². The molecule has 0 saturated carbocycles. The molecule has 5 heteroatoms. The van der Waals surface area contributed by atoms with E-state index >= 15 is 0 Å². The maximum atomic E-state index is 6.16. The topological polar surface area (TPSA) is 51.0 Å². The van der Waals surface area contributed by atoms with Gasteiger partial charge in [-0.1, -0.05) is 35.0 Å². The fourth-order valence-electron chi connectivity index (χ4n) is 1.83. The minimum absolute atomic E-state index is 0.314. The largest absolute Gasteiger partial charge is 0.335 e. The maximum Gasteiger partial charge on any atom is 0.250 e. The minimum Gasteiger partial charge on any atom is -0.335 e. The average molecular weight is 292 g/mol. The number of nitrogens with one attached hydrogen (secondary N) is 1. The first-order valence-corrected chi connectivity index (χ1v) is 6.91. The summed E-state index contributed by atoms with van der Waals surface area (Å²) in [5.74, 6) is 1.20. The molecule has 0 bridgehead atoms. The number of benzene rings is 1. The van der Waals surface area contributed by atoms with Crippen LogP contribution < -0.4 is 5.32 Å². The standard InChI is InChI=1S/C15H18ClN3O/c1-10(12-6-4-5-7-13(12)16)8-15-18-14(19-20-15)9-11(2)17-3/h4-8,11,17H,9H2,1-3H3/b10-8-. The first-order chi connectivity index (χ1) is 9.60. The van der Waals surface area contributed by atoms with Crippen LogP contribution in [-0.4, -0.2) is 23.2 Å². The van der Waals surface area contributed by atoms with E-state index in [2.05, 4.69) is 22.4 Å². The average Bonchev–Trinajstić information content (AvgIpc) is 2.86. The molecule has 1 N–H and O–H groups in total. The van der Waals surface area contributed by atoms with Crippen LogP contribution in [0.4, 0.5) is 0 Å². The fourth-order valence-corrected chi connectivity index (χ4v) is 2.11. The number of aromatic nitrogens is 2. The molecule has 106 valence electrons. The van der Waals surface area contributed by atoms with Gasteiger partial charge in [0.25, 0.3) is 5.89 Å². The second kappa shape index (κ2) is 6.68. The first kappa shape index (κ1) is 14.8. The van der Waals surface area contributed by atoms with Crippen molar-refractivity contribution in [2.45, 2.75) is 26.3 Å². The Hall–Kier alpha value is -1.65. The van der Waals surface area contributed by atoms with E-state index < -0.39 is 0 Å². The zero-order chi connectivity index (χ0) is 14.5. The molecule has 4 nitrogen and oxygen atoms in total. The third kappa shape index (κ3) is 3.68. The smallest absolute Gasteiger partial charge is 0.250 e. The molecule has 1 aromatic heterocycles. The number of nitrogens with zero attached hydrogens (tertiary/aromatic N) is 2. The van der Waals surface area contributed by atoms with Gasteiger partial charge in [0.1, 0.15) is 0 Å². The van der Waals surface area contributed by atoms with Gasteiger partial charge in [-0.25, -0.2) is 0 Å². The second-order valence-electron chi connectivity index (χ2n) is 4.75. The number of rotatable bonds is 5. The highest BCUT2D eigenvalue weighted by atomic mass is 35.5. The molecule has 0 fully saturated rings. The van der Waals surface area contributed by atoms with E-state index in [1.165, 1.54) is 0 Å². The van der Waals surface area contributed by atoms with E-state index in [0.717, 1.165) is 17.6 Å². The van der Waals surface area contributed by atoms with E-state index in [9.17, 15) is 0 Å². The quantitative estimate of drug-likeness (QED) is 0.917. The van der Waals surface area contributed by atoms with Gasteiger partial charge in [0.2, 0.25) is 0 Å². The van der Waals surface area contributed by atoms with Gasteiger partial charge in [-0.15, -0.1) is 0 Å². The summed E-state index contributed by atoms with van der Waals surface area (Å²) >= 11 is 6.16. The van der Waals surface area contributed by atoms with Gasteiger partial charge in [-0.3, -0.25) is 0 Å². The Morgan fingerprint density at radius 1 is 1.45 bits per heavy atom. The van der Waals surface area contributed by atoms with Gasteiger partial charge in [-0.2, -0.15) is 4.98 Å². The first-order valence-electron chi connectivity index (χ1n) is 6.53. The minimum atomic E-state index is 0.314. The monoisotopic (exact) mass is 291 g/mol. The Balaban J connectivity index is 2.17. The van der Waals surface area contributed by atoms with Gasteiger partial charge >= 0.3 is 0 Å². The summed E-state index contributed by atoms with van der Waals surface area (Å²) < 4.78 is 5.23. The van der Waals surface area contributed by atoms with Crippen LogP contribution in [0.15, 0.2) is 28.8 Å². The van der Waals surface area contributed by atoms with Crippen LogP contribution in [0, 0.1) is 0 Å². The zero-order valence-electron chi connectivity index (χ0n) is 11.9. The summed E-state index contributed by atoms with van der Waals surface area (Å²) in [4.78, 5) is 4.36. The van der Waals surface area contributed by atoms with Crippen molar-refractivity contribution < 1.29 is 4.52 Å². The molecule has 1 unspecified atom stereocenters. The number of allylic oxidation sites excluding steroid dienone is 1. The van der Waals surface area contributed by atoms with E-state index in [1.54, 1.807) is 0 Å². The van der Waals surface area contributed by atoms with Crippen LogP contribution in [-0.2, 0) is 6.42 Å². The Labute approximate surface area is 123 Å². The van der Waals surface area contributed by atoms with E-state index in [1.807, 2.05) is 44.3 Å². The third-order valence-electron chi connectivity index (χ3n) is 3.10. The van der Waals surface area contributed by atoms with Crippen LogP contribution in [0.3, 0.4) is 0 Å². The fraction of sp³-hybridized carbons (Fsp3) is 0.333. The molecule has 1 atom stereocenters. The van der Waals surface area contributed by atoms with Crippen LogP contribution in [0.25, 0.3) is 11.6 Å². The molecule has 20 heavy (non-hydrogen) atoms. The van der Waals surface area contributed by atoms with Crippen LogP contribution in [0.5, 0.6) is 0 Å². The highest BCUT2D eigenvalue weighted by molar-refractivity contribution is 6.32. The predicted octanol–water partition coefficient (Wildman–Crippen LogP) is 3.43. The summed E-state index contributed by atoms with van der Waals surface area (Å²) in [6.07, 6.45) is 2.58. The molecule has 0 radical (unpaired) electrons. The molecular formula is C15H18ClN3O. The van der Waals surface area contributed by atoms with E-state index in [0.29, 0.717) is 22.8 Å². The molecule has 1 aromatic carbocycles. The van der Waals surface area contributed by atoms with Crippen molar-refractivity contribution in [2.75, 3.05) is 7.05 Å². The lowest BCUT2D eigenvalue weighted by Crippen LogP contribution is -2.24. The van der Waals surface area contributed by atoms with Crippen LogP contribution >= 0.6 is 11.6 Å². The van der Waals surface area contributed by atoms with Gasteiger partial charge in [0.05, 0.1) is 0 Å². The molecule has 0 aliphatic carbocycles. The van der Waals surface area contributed by atoms with Crippen molar-refractivity contribution in [3.05, 3.63) is 46.6 Å². The summed E-state index contributed by atoms with van der Waals surface area (Å²) in [6, 6.07) is 8.00. The number of halogens is 1. The molecule has 0 amide bonds. The van der Waals surface area contributed by atoms with E-state index in [-0.39, 0.29) is 0 Å². The number of hydrogen-bond donors (Lipinski definition) is 1. The Bertz CT molecular complexity index is 607.